The number of ether oxygens (including phenoxy) is 2. The molecular formula is C41H71O11P. The van der Waals surface area contributed by atoms with Crippen molar-refractivity contribution in [3.8, 4) is 0 Å². The van der Waals surface area contributed by atoms with Crippen LogP contribution in [0.3, 0.4) is 0 Å². The number of hydrogen-bond donors (Lipinski definition) is 4. The molecule has 0 saturated carbocycles. The van der Waals surface area contributed by atoms with Crippen molar-refractivity contribution in [2.45, 2.75) is 155 Å². The molecule has 0 aliphatic rings. The number of aliphatic hydroxyl groups excluding tert-OH is 3. The minimum absolute atomic E-state index is 0.0485. The molecule has 0 aliphatic heterocycles. The first-order valence-electron chi connectivity index (χ1n) is 19.7. The monoisotopic (exact) mass is 770 g/mol. The van der Waals surface area contributed by atoms with Gasteiger partial charge in [-0.25, -0.2) is 4.57 Å². The second kappa shape index (κ2) is 35.3. The number of carbonyl (C=O) groups excluding carboxylic acids is 2. The molecule has 3 unspecified atom stereocenters. The molecule has 0 amide bonds. The van der Waals surface area contributed by atoms with E-state index in [1.54, 1.807) is 12.2 Å². The Morgan fingerprint density at radius 2 is 1.25 bits per heavy atom. The molecule has 0 radical (unpaired) electrons. The Morgan fingerprint density at radius 3 is 1.87 bits per heavy atom. The smallest absolute Gasteiger partial charge is 0.462 e. The molecule has 53 heavy (non-hydrogen) atoms. The average Bonchev–Trinajstić information content (AvgIpc) is 3.14. The van der Waals surface area contributed by atoms with Crippen molar-refractivity contribution in [3.63, 3.8) is 0 Å². The van der Waals surface area contributed by atoms with Gasteiger partial charge in [0.25, 0.3) is 0 Å². The third-order valence-electron chi connectivity index (χ3n) is 8.33. The van der Waals surface area contributed by atoms with Gasteiger partial charge >= 0.3 is 19.8 Å². The fourth-order valence-corrected chi connectivity index (χ4v) is 5.67. The number of rotatable bonds is 35. The van der Waals surface area contributed by atoms with Crippen molar-refractivity contribution >= 4 is 19.8 Å². The van der Waals surface area contributed by atoms with Crippen LogP contribution in [0.4, 0.5) is 0 Å². The summed E-state index contributed by atoms with van der Waals surface area (Å²) in [7, 11) is -4.67. The van der Waals surface area contributed by atoms with Gasteiger partial charge in [-0.3, -0.25) is 18.6 Å². The molecule has 306 valence electrons. The number of phosphoric ester groups is 1. The number of unbranched alkanes of at least 4 members (excludes halogenated alkanes) is 7. The lowest BCUT2D eigenvalue weighted by atomic mass is 9.99. The zero-order valence-corrected chi connectivity index (χ0v) is 33.6. The molecule has 0 aliphatic carbocycles. The van der Waals surface area contributed by atoms with E-state index >= 15 is 0 Å². The number of allylic oxidation sites excluding steroid dienone is 9. The Labute approximate surface area is 319 Å². The van der Waals surface area contributed by atoms with Crippen LogP contribution in [0.5, 0.6) is 0 Å². The molecule has 0 fully saturated rings. The lowest BCUT2D eigenvalue weighted by molar-refractivity contribution is -0.161. The topological polar surface area (TPSA) is 169 Å². The Morgan fingerprint density at radius 1 is 0.679 bits per heavy atom. The first-order valence-corrected chi connectivity index (χ1v) is 21.2. The van der Waals surface area contributed by atoms with Crippen LogP contribution in [-0.2, 0) is 32.7 Å². The van der Waals surface area contributed by atoms with E-state index in [0.717, 1.165) is 50.9 Å². The third kappa shape index (κ3) is 35.1. The number of esters is 2. The van der Waals surface area contributed by atoms with Crippen LogP contribution in [0, 0.1) is 5.92 Å². The maximum Gasteiger partial charge on any atom is 0.472 e. The SMILES string of the molecule is CC/C=C\C/C=C\C/C=C\C/C=C\C=C\C(O)CCCC(=O)O[C@H](COC(=O)CCCCCCCCCCC(C)CC)COP(=O)(O)OC[C@@H](O)CO. The molecule has 0 bridgehead atoms. The molecule has 0 aromatic heterocycles. The normalized spacial score (nSPS) is 15.8. The van der Waals surface area contributed by atoms with E-state index in [2.05, 4.69) is 61.8 Å². The van der Waals surface area contributed by atoms with Crippen LogP contribution in [-0.4, -0.2) is 76.9 Å². The molecule has 0 rings (SSSR count). The highest BCUT2D eigenvalue weighted by Gasteiger charge is 2.27. The van der Waals surface area contributed by atoms with E-state index in [-0.39, 0.29) is 19.4 Å². The molecule has 11 nitrogen and oxygen atoms in total. The predicted octanol–water partition coefficient (Wildman–Crippen LogP) is 8.77. The molecule has 0 aromatic carbocycles. The van der Waals surface area contributed by atoms with E-state index in [9.17, 15) is 29.3 Å². The van der Waals surface area contributed by atoms with Gasteiger partial charge in [0.15, 0.2) is 6.10 Å². The van der Waals surface area contributed by atoms with Crippen molar-refractivity contribution in [2.75, 3.05) is 26.4 Å². The standard InChI is InChI=1S/C41H71O11P/c1-4-6-7-8-9-10-11-12-13-14-18-21-24-28-37(43)29-26-31-41(46)52-39(35-51-53(47,48)50-33-38(44)32-42)34-49-40(45)30-25-22-19-16-15-17-20-23-27-36(3)5-2/h6-7,9-10,12-13,18,21,24,28,36-39,42-44H,4-5,8,11,14-17,19-20,22-23,25-27,29-35H2,1-3H3,(H,47,48)/b7-6-,10-9-,13-12-,21-18-,28-24+/t36?,37?,38-,39+/m0/s1. The summed E-state index contributed by atoms with van der Waals surface area (Å²) in [5, 5.41) is 28.5. The first kappa shape index (κ1) is 50.6. The van der Waals surface area contributed by atoms with Crippen molar-refractivity contribution in [1.29, 1.82) is 0 Å². The van der Waals surface area contributed by atoms with Crippen LogP contribution in [0.2, 0.25) is 0 Å². The van der Waals surface area contributed by atoms with E-state index in [1.807, 2.05) is 12.2 Å². The Hall–Kier alpha value is -2.37. The van der Waals surface area contributed by atoms with E-state index in [0.29, 0.717) is 19.3 Å². The van der Waals surface area contributed by atoms with Crippen molar-refractivity contribution < 1.29 is 52.9 Å². The average molecular weight is 771 g/mol. The van der Waals surface area contributed by atoms with Gasteiger partial charge in [-0.1, -0.05) is 139 Å². The van der Waals surface area contributed by atoms with Crippen LogP contribution in [0.1, 0.15) is 136 Å². The van der Waals surface area contributed by atoms with Gasteiger partial charge in [-0.05, 0) is 50.9 Å². The maximum absolute atomic E-state index is 12.6. The zero-order valence-electron chi connectivity index (χ0n) is 32.7. The molecule has 12 heteroatoms. The maximum atomic E-state index is 12.6. The summed E-state index contributed by atoms with van der Waals surface area (Å²) in [6, 6.07) is 0. The summed E-state index contributed by atoms with van der Waals surface area (Å²) in [6.45, 7) is 4.31. The summed E-state index contributed by atoms with van der Waals surface area (Å²) in [5.74, 6) is -0.337. The Bertz CT molecular complexity index is 1100. The number of aliphatic hydroxyl groups is 3. The molecule has 5 atom stereocenters. The molecule has 0 spiro atoms. The van der Waals surface area contributed by atoms with Crippen LogP contribution < -0.4 is 0 Å². The zero-order chi connectivity index (χ0) is 39.4. The molecule has 0 heterocycles. The largest absolute Gasteiger partial charge is 0.472 e. The highest BCUT2D eigenvalue weighted by molar-refractivity contribution is 7.47. The van der Waals surface area contributed by atoms with Crippen molar-refractivity contribution in [3.05, 3.63) is 60.8 Å². The fraction of sp³-hybridized carbons (Fsp3) is 0.707. The summed E-state index contributed by atoms with van der Waals surface area (Å²) in [6.07, 6.45) is 32.3. The molecular weight excluding hydrogens is 699 g/mol. The summed E-state index contributed by atoms with van der Waals surface area (Å²) >= 11 is 0. The lowest BCUT2D eigenvalue weighted by Gasteiger charge is -2.20. The number of phosphoric acid groups is 1. The first-order chi connectivity index (χ1) is 25.5. The van der Waals surface area contributed by atoms with Crippen LogP contribution in [0.15, 0.2) is 60.8 Å². The van der Waals surface area contributed by atoms with Gasteiger partial charge in [-0.15, -0.1) is 0 Å². The predicted molar refractivity (Wildman–Crippen MR) is 211 cm³/mol. The fourth-order valence-electron chi connectivity index (χ4n) is 4.88. The summed E-state index contributed by atoms with van der Waals surface area (Å²) in [5.41, 5.74) is 0. The molecule has 0 saturated heterocycles. The molecule has 0 aromatic rings. The summed E-state index contributed by atoms with van der Waals surface area (Å²) < 4.78 is 32.5. The minimum Gasteiger partial charge on any atom is -0.462 e. The Balaban J connectivity index is 4.60. The van der Waals surface area contributed by atoms with Crippen LogP contribution >= 0.6 is 7.82 Å². The van der Waals surface area contributed by atoms with Crippen molar-refractivity contribution in [1.82, 2.24) is 0 Å². The highest BCUT2D eigenvalue weighted by Crippen LogP contribution is 2.43. The van der Waals surface area contributed by atoms with Crippen molar-refractivity contribution in [2.24, 2.45) is 5.92 Å². The van der Waals surface area contributed by atoms with Crippen LogP contribution in [0.25, 0.3) is 0 Å². The number of hydrogen-bond acceptors (Lipinski definition) is 10. The summed E-state index contributed by atoms with van der Waals surface area (Å²) in [4.78, 5) is 34.9. The van der Waals surface area contributed by atoms with Gasteiger partial charge < -0.3 is 29.7 Å². The van der Waals surface area contributed by atoms with Gasteiger partial charge in [0.05, 0.1) is 25.9 Å². The quantitative estimate of drug-likeness (QED) is 0.0160. The van der Waals surface area contributed by atoms with E-state index in [1.165, 1.54) is 38.5 Å². The Kier molecular flexibility index (Phi) is 33.8. The van der Waals surface area contributed by atoms with Gasteiger partial charge in [0.2, 0.25) is 0 Å². The minimum atomic E-state index is -4.67. The second-order valence-corrected chi connectivity index (χ2v) is 14.8. The second-order valence-electron chi connectivity index (χ2n) is 13.4. The van der Waals surface area contributed by atoms with Gasteiger partial charge in [0.1, 0.15) is 12.7 Å². The highest BCUT2D eigenvalue weighted by atomic mass is 31.2. The van der Waals surface area contributed by atoms with Gasteiger partial charge in [0, 0.05) is 12.8 Å². The molecule has 4 N–H and O–H groups in total. The third-order valence-corrected chi connectivity index (χ3v) is 9.28. The van der Waals surface area contributed by atoms with Gasteiger partial charge in [-0.2, -0.15) is 0 Å². The number of carbonyl (C=O) groups is 2. The van der Waals surface area contributed by atoms with E-state index in [4.69, 9.17) is 19.1 Å². The lowest BCUT2D eigenvalue weighted by Crippen LogP contribution is -2.30. The van der Waals surface area contributed by atoms with E-state index < -0.39 is 57.9 Å².